The maximum atomic E-state index is 7.57. The van der Waals surface area contributed by atoms with Crippen LogP contribution in [0.15, 0.2) is 112 Å². The molecule has 316 valence electrons. The number of rotatable bonds is 3. The fourth-order valence-electron chi connectivity index (χ4n) is 12.2. The molecule has 0 unspecified atom stereocenters. The van der Waals surface area contributed by atoms with Crippen molar-refractivity contribution in [1.82, 2.24) is 0 Å². The van der Waals surface area contributed by atoms with Crippen LogP contribution >= 0.6 is 0 Å². The second-order valence-electron chi connectivity index (χ2n) is 22.5. The predicted octanol–water partition coefficient (Wildman–Crippen LogP) is 14.5. The van der Waals surface area contributed by atoms with Gasteiger partial charge in [-0.25, -0.2) is 0 Å². The lowest BCUT2D eigenvalue weighted by Gasteiger charge is -2.44. The fourth-order valence-corrected chi connectivity index (χ4v) is 12.2. The molecule has 63 heavy (non-hydrogen) atoms. The van der Waals surface area contributed by atoms with Crippen LogP contribution in [0.5, 0.6) is 0 Å². The first kappa shape index (κ1) is 39.0. The molecular formula is C58H59BN2O2. The number of nitrogens with zero attached hydrogens (tertiary/aromatic N) is 2. The van der Waals surface area contributed by atoms with Crippen molar-refractivity contribution in [2.24, 2.45) is 0 Å². The Morgan fingerprint density at radius 3 is 1.87 bits per heavy atom. The normalized spacial score (nSPS) is 18.7. The summed E-state index contributed by atoms with van der Waals surface area (Å²) in [6.45, 7) is 26.2. The molecule has 2 aliphatic heterocycles. The fraction of sp³-hybridized carbons (Fsp3) is 0.345. The Morgan fingerprint density at radius 1 is 0.524 bits per heavy atom. The second kappa shape index (κ2) is 12.7. The Kier molecular flexibility index (Phi) is 7.88. The van der Waals surface area contributed by atoms with Crippen LogP contribution in [-0.2, 0) is 21.7 Å². The van der Waals surface area contributed by atoms with Gasteiger partial charge in [0.25, 0.3) is 6.71 Å². The summed E-state index contributed by atoms with van der Waals surface area (Å²) in [5.41, 5.74) is 22.0. The number of aryl methyl sites for hydroxylation is 1. The topological polar surface area (TPSA) is 32.8 Å². The van der Waals surface area contributed by atoms with Gasteiger partial charge < -0.3 is 18.6 Å². The number of para-hydroxylation sites is 2. The van der Waals surface area contributed by atoms with E-state index in [1.165, 1.54) is 84.6 Å². The first-order chi connectivity index (χ1) is 29.9. The van der Waals surface area contributed by atoms with Gasteiger partial charge in [0.1, 0.15) is 11.2 Å². The lowest BCUT2D eigenvalue weighted by atomic mass is 9.35. The Hall–Kier alpha value is -5.68. The summed E-state index contributed by atoms with van der Waals surface area (Å²) < 4.78 is 14.4. The zero-order chi connectivity index (χ0) is 43.7. The highest BCUT2D eigenvalue weighted by Crippen LogP contribution is 2.54. The van der Waals surface area contributed by atoms with Crippen molar-refractivity contribution in [3.8, 4) is 0 Å². The van der Waals surface area contributed by atoms with Crippen LogP contribution in [0.2, 0.25) is 0 Å². The van der Waals surface area contributed by atoms with E-state index in [1.807, 2.05) is 0 Å². The minimum Gasteiger partial charge on any atom is -0.468 e. The number of hydrogen-bond acceptors (Lipinski definition) is 4. The highest BCUT2D eigenvalue weighted by molar-refractivity contribution is 7.00. The largest absolute Gasteiger partial charge is 0.468 e. The molecule has 5 heteroatoms. The van der Waals surface area contributed by atoms with Gasteiger partial charge in [-0.3, -0.25) is 0 Å². The smallest absolute Gasteiger partial charge is 0.297 e. The van der Waals surface area contributed by atoms with E-state index < -0.39 is 0 Å². The first-order valence-corrected chi connectivity index (χ1v) is 23.5. The van der Waals surface area contributed by atoms with Gasteiger partial charge in [0.05, 0.1) is 17.0 Å². The molecule has 4 heterocycles. The van der Waals surface area contributed by atoms with Crippen molar-refractivity contribution in [2.45, 2.75) is 129 Å². The maximum absolute atomic E-state index is 7.57. The Balaban J connectivity index is 1.21. The summed E-state index contributed by atoms with van der Waals surface area (Å²) in [4.78, 5) is 5.10. The van der Waals surface area contributed by atoms with E-state index in [9.17, 15) is 0 Å². The number of fused-ring (bicyclic) bond motifs is 11. The van der Waals surface area contributed by atoms with E-state index in [-0.39, 0.29) is 28.4 Å². The second-order valence-corrected chi connectivity index (χ2v) is 22.5. The van der Waals surface area contributed by atoms with Crippen LogP contribution in [-0.4, -0.2) is 6.71 Å². The van der Waals surface area contributed by atoms with Gasteiger partial charge in [-0.1, -0.05) is 118 Å². The van der Waals surface area contributed by atoms with Crippen LogP contribution in [0.25, 0.3) is 32.9 Å². The number of hydrogen-bond donors (Lipinski definition) is 0. The van der Waals surface area contributed by atoms with E-state index in [1.54, 1.807) is 0 Å². The summed E-state index contributed by atoms with van der Waals surface area (Å²) in [5, 5.41) is 3.47. The summed E-state index contributed by atoms with van der Waals surface area (Å²) >= 11 is 0. The molecule has 2 aliphatic carbocycles. The third kappa shape index (κ3) is 5.41. The predicted molar refractivity (Wildman–Crippen MR) is 267 cm³/mol. The van der Waals surface area contributed by atoms with Gasteiger partial charge >= 0.3 is 0 Å². The van der Waals surface area contributed by atoms with Crippen molar-refractivity contribution in [3.05, 3.63) is 137 Å². The Labute approximate surface area is 373 Å². The average Bonchev–Trinajstić information content (AvgIpc) is 3.82. The molecule has 0 atom stereocenters. The van der Waals surface area contributed by atoms with Gasteiger partial charge in [0, 0.05) is 38.9 Å². The van der Waals surface area contributed by atoms with Crippen LogP contribution in [0.3, 0.4) is 0 Å². The third-order valence-corrected chi connectivity index (χ3v) is 16.2. The van der Waals surface area contributed by atoms with Crippen molar-refractivity contribution in [2.75, 3.05) is 9.80 Å². The quantitative estimate of drug-likeness (QED) is 0.166. The molecule has 2 aromatic heterocycles. The molecule has 0 radical (unpaired) electrons. The van der Waals surface area contributed by atoms with Crippen molar-refractivity contribution in [1.29, 1.82) is 0 Å². The van der Waals surface area contributed by atoms with Gasteiger partial charge in [-0.15, -0.1) is 0 Å². The van der Waals surface area contributed by atoms with Gasteiger partial charge in [-0.2, -0.15) is 0 Å². The van der Waals surface area contributed by atoms with Crippen molar-refractivity contribution in [3.63, 3.8) is 0 Å². The lowest BCUT2D eigenvalue weighted by molar-refractivity contribution is 0.332. The third-order valence-electron chi connectivity index (χ3n) is 16.2. The minimum absolute atomic E-state index is 0.0492. The summed E-state index contributed by atoms with van der Waals surface area (Å²) in [5.74, 6) is 0.357. The molecule has 0 fully saturated rings. The monoisotopic (exact) mass is 826 g/mol. The molecular weight excluding hydrogens is 767 g/mol. The summed E-state index contributed by atoms with van der Waals surface area (Å²) in [6, 6.07) is 39.5. The molecule has 0 amide bonds. The number of anilines is 6. The molecule has 4 aliphatic rings. The summed E-state index contributed by atoms with van der Waals surface area (Å²) in [6.07, 6.45) is 4.66. The molecule has 0 bridgehead atoms. The van der Waals surface area contributed by atoms with E-state index in [0.29, 0.717) is 5.92 Å². The van der Waals surface area contributed by atoms with Gasteiger partial charge in [0.15, 0.2) is 5.58 Å². The SMILES string of the molecule is Cc1cc2c3c(c1)N(c1cccc4c1oc1ccccc14)c1ccc(C(C)C)cc1B3c1oc3cc4c(cc3c1N2c1ccc2c(c1)C(C)(C)CCC2(C)C)C(C)(C)CCC4(C)C. The standard InChI is InChI=1S/C58H59BN2O2/c1-33(2)35-19-22-45-44(29-35)59-51-47(27-34(3)28-48(51)61(45)46-17-14-16-38-37-15-12-13-18-49(37)62-53(38)46)60(36-20-21-40-41(30-36)56(6,7)24-23-55(40,4)5)52-39-31-42-43(32-50(39)63-54(52)59)58(10,11)26-25-57(42,8)9/h12-22,27-33H,23-26H2,1-11H3. The van der Waals surface area contributed by atoms with Crippen molar-refractivity contribution < 1.29 is 8.83 Å². The van der Waals surface area contributed by atoms with Crippen LogP contribution in [0, 0.1) is 6.92 Å². The Bertz CT molecular complexity index is 3260. The average molecular weight is 827 g/mol. The van der Waals surface area contributed by atoms with Gasteiger partial charge in [-0.05, 0) is 159 Å². The van der Waals surface area contributed by atoms with E-state index in [2.05, 4.69) is 189 Å². The lowest BCUT2D eigenvalue weighted by Crippen LogP contribution is -2.61. The minimum atomic E-state index is -0.125. The van der Waals surface area contributed by atoms with E-state index in [0.717, 1.165) is 58.1 Å². The Morgan fingerprint density at radius 2 is 1.16 bits per heavy atom. The van der Waals surface area contributed by atoms with Gasteiger partial charge in [0.2, 0.25) is 0 Å². The number of benzene rings is 6. The van der Waals surface area contributed by atoms with E-state index in [4.69, 9.17) is 8.83 Å². The first-order valence-electron chi connectivity index (χ1n) is 23.5. The number of furan rings is 2. The van der Waals surface area contributed by atoms with E-state index >= 15 is 0 Å². The zero-order valence-electron chi connectivity index (χ0n) is 39.0. The molecule has 0 spiro atoms. The highest BCUT2D eigenvalue weighted by Gasteiger charge is 2.49. The molecule has 8 aromatic rings. The molecule has 0 saturated heterocycles. The van der Waals surface area contributed by atoms with Crippen LogP contribution in [0.4, 0.5) is 34.1 Å². The molecule has 0 saturated carbocycles. The molecule has 6 aromatic carbocycles. The van der Waals surface area contributed by atoms with Crippen LogP contribution in [0.1, 0.15) is 134 Å². The maximum Gasteiger partial charge on any atom is 0.297 e. The molecule has 4 nitrogen and oxygen atoms in total. The molecule has 0 N–H and O–H groups in total. The van der Waals surface area contributed by atoms with Crippen molar-refractivity contribution >= 4 is 90.3 Å². The van der Waals surface area contributed by atoms with Crippen LogP contribution < -0.4 is 26.4 Å². The summed E-state index contributed by atoms with van der Waals surface area (Å²) in [7, 11) is 0. The highest BCUT2D eigenvalue weighted by atomic mass is 16.3. The zero-order valence-corrected chi connectivity index (χ0v) is 39.0. The molecule has 12 rings (SSSR count).